The number of thiophene rings is 1. The number of hydrogen-bond acceptors (Lipinski definition) is 7. The van der Waals surface area contributed by atoms with Gasteiger partial charge >= 0.3 is 0 Å². The Labute approximate surface area is 300 Å². The third-order valence-corrected chi connectivity index (χ3v) is 11.0. The number of likely N-dealkylation sites (tertiary alicyclic amines) is 1. The summed E-state index contributed by atoms with van der Waals surface area (Å²) in [4.78, 5) is 38.0. The van der Waals surface area contributed by atoms with Crippen LogP contribution in [0, 0.1) is 23.4 Å². The Balaban J connectivity index is 1.38. The van der Waals surface area contributed by atoms with Crippen LogP contribution in [0.3, 0.4) is 0 Å². The molecule has 0 spiro atoms. The zero-order valence-electron chi connectivity index (χ0n) is 28.9. The van der Waals surface area contributed by atoms with Crippen molar-refractivity contribution in [1.29, 1.82) is 0 Å². The minimum absolute atomic E-state index is 0.00708. The van der Waals surface area contributed by atoms with Gasteiger partial charge in [0.2, 0.25) is 11.8 Å². The van der Waals surface area contributed by atoms with Crippen LogP contribution in [0.25, 0.3) is 54.9 Å². The molecule has 6 aromatic rings. The van der Waals surface area contributed by atoms with Crippen molar-refractivity contribution in [1.82, 2.24) is 34.1 Å². The molecule has 3 atom stereocenters. The fourth-order valence-electron chi connectivity index (χ4n) is 7.44. The van der Waals surface area contributed by atoms with E-state index in [-0.39, 0.29) is 64.8 Å². The molecule has 266 valence electrons. The maximum absolute atomic E-state index is 16.4. The zero-order chi connectivity index (χ0) is 36.6. The molecule has 2 aromatic carbocycles. The summed E-state index contributed by atoms with van der Waals surface area (Å²) in [5.74, 6) is -3.10. The second kappa shape index (κ2) is 12.6. The van der Waals surface area contributed by atoms with Crippen LogP contribution in [-0.2, 0) is 16.6 Å². The highest BCUT2D eigenvalue weighted by atomic mass is 32.1. The highest BCUT2D eigenvalue weighted by Crippen LogP contribution is 2.48. The van der Waals surface area contributed by atoms with Gasteiger partial charge in [-0.1, -0.05) is 12.6 Å². The number of halogens is 3. The monoisotopic (exact) mass is 725 g/mol. The van der Waals surface area contributed by atoms with E-state index in [0.717, 1.165) is 29.0 Å². The molecular formula is C38H34F3N7O3S. The number of carbonyl (C=O) groups excluding carboxylic acids is 2. The number of ether oxygens (including phenoxy) is 1. The smallest absolute Gasteiger partial charge is 0.246 e. The predicted molar refractivity (Wildman–Crippen MR) is 192 cm³/mol. The summed E-state index contributed by atoms with van der Waals surface area (Å²) in [5, 5.41) is 6.36. The number of carbonyl (C=O) groups is 2. The molecule has 0 bridgehead atoms. The second-order valence-electron chi connectivity index (χ2n) is 13.6. The number of fused-ring (bicyclic) bond motifs is 3. The lowest BCUT2D eigenvalue weighted by Gasteiger charge is -2.36. The van der Waals surface area contributed by atoms with E-state index >= 15 is 8.78 Å². The number of hydrogen-bond donors (Lipinski definition) is 0. The van der Waals surface area contributed by atoms with E-state index in [9.17, 15) is 14.0 Å². The summed E-state index contributed by atoms with van der Waals surface area (Å²) in [7, 11) is 3.58. The fourth-order valence-corrected chi connectivity index (χ4v) is 8.37. The van der Waals surface area contributed by atoms with Gasteiger partial charge in [-0.05, 0) is 38.1 Å². The predicted octanol–water partition coefficient (Wildman–Crippen LogP) is 7.31. The first-order chi connectivity index (χ1) is 24.9. The lowest BCUT2D eigenvalue weighted by Crippen LogP contribution is -2.42. The zero-order valence-corrected chi connectivity index (χ0v) is 29.7. The molecule has 0 radical (unpaired) electrons. The molecule has 0 unspecified atom stereocenters. The quantitative estimate of drug-likeness (QED) is 0.160. The Morgan fingerprint density at radius 3 is 2.62 bits per heavy atom. The standard InChI is InChI=1S/C38H34F3N7O3S/c1-6-31(49)47-14-19(2)48-29(20(47)3)13-27(44-48)37-35(33-24(40)11-23(39)12-30(33)51-16-21-9-32(50)45(4)15-21)34-25(41)17-52-38(34)36(43-37)22-7-8-28-26(10-22)42-18-46(28)5/h6-8,10-13,17-21H,1,9,14-16H2,2-5H3/t19-,20+,21+/m0/s1. The molecule has 4 aromatic heterocycles. The summed E-state index contributed by atoms with van der Waals surface area (Å²) in [5.41, 5.74) is 3.73. The molecule has 0 aliphatic carbocycles. The fraction of sp³-hybridized carbons (Fsp3) is 0.289. The number of benzene rings is 2. The highest BCUT2D eigenvalue weighted by molar-refractivity contribution is 7.17. The Bertz CT molecular complexity index is 2450. The van der Waals surface area contributed by atoms with Gasteiger partial charge in [0, 0.05) is 73.5 Å². The van der Waals surface area contributed by atoms with Gasteiger partial charge in [-0.2, -0.15) is 5.10 Å². The van der Waals surface area contributed by atoms with Gasteiger partial charge in [-0.25, -0.2) is 23.1 Å². The van der Waals surface area contributed by atoms with Gasteiger partial charge in [-0.15, -0.1) is 11.3 Å². The lowest BCUT2D eigenvalue weighted by atomic mass is 9.94. The first-order valence-electron chi connectivity index (χ1n) is 16.8. The first kappa shape index (κ1) is 33.6. The van der Waals surface area contributed by atoms with Crippen LogP contribution in [0.5, 0.6) is 5.75 Å². The van der Waals surface area contributed by atoms with Crippen LogP contribution < -0.4 is 4.74 Å². The van der Waals surface area contributed by atoms with E-state index in [1.54, 1.807) is 33.9 Å². The molecule has 6 heterocycles. The van der Waals surface area contributed by atoms with Gasteiger partial charge in [0.1, 0.15) is 34.6 Å². The Morgan fingerprint density at radius 1 is 1.06 bits per heavy atom. The molecule has 1 saturated heterocycles. The van der Waals surface area contributed by atoms with Crippen LogP contribution >= 0.6 is 11.3 Å². The van der Waals surface area contributed by atoms with Crippen molar-refractivity contribution in [3.05, 3.63) is 83.9 Å². The van der Waals surface area contributed by atoms with Gasteiger partial charge in [0.05, 0.1) is 57.7 Å². The molecule has 2 aliphatic rings. The van der Waals surface area contributed by atoms with Crippen molar-refractivity contribution >= 4 is 44.3 Å². The summed E-state index contributed by atoms with van der Waals surface area (Å²) in [6.45, 7) is 8.27. The van der Waals surface area contributed by atoms with Crippen molar-refractivity contribution in [3.8, 4) is 39.5 Å². The van der Waals surface area contributed by atoms with E-state index in [4.69, 9.17) is 14.8 Å². The average molecular weight is 726 g/mol. The number of amides is 2. The number of nitrogens with zero attached hydrogens (tertiary/aromatic N) is 7. The van der Waals surface area contributed by atoms with E-state index < -0.39 is 23.5 Å². The second-order valence-corrected chi connectivity index (χ2v) is 14.4. The SMILES string of the molecule is C=CC(=O)N1C[C@H](C)n2nc(-c3nc(-c4ccc5c(c4)ncn5C)c4scc(F)c4c3-c3c(F)cc(F)cc3OC[C@@H]3CC(=O)N(C)C3)cc2[C@H]1C. The molecule has 2 aliphatic heterocycles. The molecule has 8 rings (SSSR count). The first-order valence-corrected chi connectivity index (χ1v) is 17.7. The van der Waals surface area contributed by atoms with Crippen molar-refractivity contribution in [3.63, 3.8) is 0 Å². The van der Waals surface area contributed by atoms with Gasteiger partial charge in [-0.3, -0.25) is 14.3 Å². The molecular weight excluding hydrogens is 692 g/mol. The van der Waals surface area contributed by atoms with Crippen molar-refractivity contribution in [2.45, 2.75) is 32.4 Å². The number of pyridine rings is 1. The largest absolute Gasteiger partial charge is 0.492 e. The average Bonchev–Trinajstić information content (AvgIpc) is 3.91. The third-order valence-electron chi connectivity index (χ3n) is 10.1. The number of aromatic nitrogens is 5. The lowest BCUT2D eigenvalue weighted by molar-refractivity contribution is -0.129. The number of aryl methyl sites for hydroxylation is 1. The van der Waals surface area contributed by atoms with Crippen LogP contribution in [-0.4, -0.2) is 72.7 Å². The maximum Gasteiger partial charge on any atom is 0.246 e. The van der Waals surface area contributed by atoms with Crippen LogP contribution in [0.15, 0.2) is 60.8 Å². The molecule has 52 heavy (non-hydrogen) atoms. The number of imidazole rings is 1. The van der Waals surface area contributed by atoms with Gasteiger partial charge in [0.15, 0.2) is 0 Å². The maximum atomic E-state index is 16.4. The van der Waals surface area contributed by atoms with Crippen molar-refractivity contribution < 1.29 is 27.5 Å². The van der Waals surface area contributed by atoms with Gasteiger partial charge in [0.25, 0.3) is 0 Å². The Morgan fingerprint density at radius 2 is 1.87 bits per heavy atom. The summed E-state index contributed by atoms with van der Waals surface area (Å²) >= 11 is 1.12. The molecule has 10 nitrogen and oxygen atoms in total. The van der Waals surface area contributed by atoms with Crippen molar-refractivity contribution in [2.24, 2.45) is 13.0 Å². The Kier molecular flexibility index (Phi) is 8.16. The number of rotatable bonds is 7. The van der Waals surface area contributed by atoms with E-state index in [2.05, 4.69) is 11.6 Å². The van der Waals surface area contributed by atoms with E-state index in [1.165, 1.54) is 11.5 Å². The summed E-state index contributed by atoms with van der Waals surface area (Å²) in [6, 6.07) is 8.60. The van der Waals surface area contributed by atoms with Crippen LogP contribution in [0.4, 0.5) is 13.2 Å². The molecule has 1 fully saturated rings. The van der Waals surface area contributed by atoms with Crippen molar-refractivity contribution in [2.75, 3.05) is 26.7 Å². The molecule has 0 saturated carbocycles. The molecule has 14 heteroatoms. The highest BCUT2D eigenvalue weighted by Gasteiger charge is 2.35. The topological polar surface area (TPSA) is 98.4 Å². The summed E-state index contributed by atoms with van der Waals surface area (Å²) in [6.07, 6.45) is 3.21. The summed E-state index contributed by atoms with van der Waals surface area (Å²) < 4.78 is 58.0. The van der Waals surface area contributed by atoms with Crippen LogP contribution in [0.2, 0.25) is 0 Å². The van der Waals surface area contributed by atoms with Gasteiger partial charge < -0.3 is 19.1 Å². The molecule has 2 amide bonds. The van der Waals surface area contributed by atoms with Crippen LogP contribution in [0.1, 0.15) is 38.0 Å². The third kappa shape index (κ3) is 5.43. The minimum atomic E-state index is -0.972. The minimum Gasteiger partial charge on any atom is -0.492 e. The molecule has 0 N–H and O–H groups in total. The van der Waals surface area contributed by atoms with E-state index in [0.29, 0.717) is 46.0 Å². The van der Waals surface area contributed by atoms with E-state index in [1.807, 2.05) is 43.7 Å². The Hall–Kier alpha value is -5.50. The normalized spacial score (nSPS) is 18.8.